The van der Waals surface area contributed by atoms with E-state index in [0.29, 0.717) is 6.61 Å². The Hall–Kier alpha value is -1.17. The van der Waals surface area contributed by atoms with Crippen LogP contribution < -0.4 is 0 Å². The van der Waals surface area contributed by atoms with E-state index in [1.165, 1.54) is 6.92 Å². The molecule has 4 atom stereocenters. The van der Waals surface area contributed by atoms with Gasteiger partial charge in [0.1, 0.15) is 18.3 Å². The molecule has 5 heteroatoms. The summed E-state index contributed by atoms with van der Waals surface area (Å²) < 4.78 is 22.8. The van der Waals surface area contributed by atoms with Crippen LogP contribution in [0.1, 0.15) is 27.7 Å². The van der Waals surface area contributed by atoms with Crippen LogP contribution >= 0.6 is 0 Å². The largest absolute Gasteiger partial charge is 0.455 e. The number of hydrogen-bond donors (Lipinski definition) is 0. The van der Waals surface area contributed by atoms with E-state index < -0.39 is 5.79 Å². The summed E-state index contributed by atoms with van der Waals surface area (Å²) in [6.07, 6.45) is 3.28. The zero-order valence-corrected chi connectivity index (χ0v) is 12.2. The second-order valence-electron chi connectivity index (χ2n) is 5.80. The molecule has 2 fully saturated rings. The molecule has 0 amide bonds. The molecule has 3 aliphatic rings. The van der Waals surface area contributed by atoms with Crippen molar-refractivity contribution in [1.82, 2.24) is 0 Å². The first-order valence-electron chi connectivity index (χ1n) is 6.93. The van der Waals surface area contributed by atoms with Crippen LogP contribution in [0.25, 0.3) is 0 Å². The predicted octanol–water partition coefficient (Wildman–Crippen LogP) is 1.72. The van der Waals surface area contributed by atoms with Crippen molar-refractivity contribution in [3.05, 3.63) is 23.3 Å². The van der Waals surface area contributed by atoms with Crippen molar-refractivity contribution in [2.45, 2.75) is 57.9 Å². The van der Waals surface area contributed by atoms with Crippen molar-refractivity contribution in [2.75, 3.05) is 6.61 Å². The first-order valence-corrected chi connectivity index (χ1v) is 6.93. The number of epoxide rings is 1. The molecule has 5 nitrogen and oxygen atoms in total. The van der Waals surface area contributed by atoms with Crippen molar-refractivity contribution in [3.63, 3.8) is 0 Å². The minimum Gasteiger partial charge on any atom is -0.455 e. The van der Waals surface area contributed by atoms with Crippen LogP contribution in [-0.4, -0.2) is 42.8 Å². The summed E-state index contributed by atoms with van der Waals surface area (Å²) in [4.78, 5) is 11.3. The van der Waals surface area contributed by atoms with Gasteiger partial charge in [0.25, 0.3) is 0 Å². The van der Waals surface area contributed by atoms with Gasteiger partial charge in [-0.15, -0.1) is 0 Å². The first kappa shape index (κ1) is 13.8. The molecule has 0 radical (unpaired) electrons. The van der Waals surface area contributed by atoms with E-state index in [2.05, 4.69) is 0 Å². The molecule has 2 heterocycles. The molecule has 20 heavy (non-hydrogen) atoms. The van der Waals surface area contributed by atoms with E-state index >= 15 is 0 Å². The van der Waals surface area contributed by atoms with Crippen molar-refractivity contribution in [3.8, 4) is 0 Å². The Balaban J connectivity index is 1.96. The van der Waals surface area contributed by atoms with E-state index in [1.54, 1.807) is 0 Å². The lowest BCUT2D eigenvalue weighted by Gasteiger charge is -2.40. The molecule has 0 unspecified atom stereocenters. The average Bonchev–Trinajstić information content (AvgIpc) is 3.12. The normalized spacial score (nSPS) is 38.4. The van der Waals surface area contributed by atoms with E-state index in [-0.39, 0.29) is 30.4 Å². The molecule has 0 spiro atoms. The SMILES string of the molecule is C/C=C/C1=C2COC(C)(C)O[C@H]2[C@@H]2O[C@@H]2[C@H]1OC(C)=O. The van der Waals surface area contributed by atoms with Crippen LogP contribution in [0.2, 0.25) is 0 Å². The van der Waals surface area contributed by atoms with Crippen LogP contribution in [0.15, 0.2) is 23.3 Å². The number of esters is 1. The standard InChI is InChI=1S/C15H20O5/c1-5-6-9-10-7-17-15(3,4)20-12(10)14-13(19-14)11(9)18-8(2)16/h5-6,11-14H,7H2,1-4H3/b6-5+/t11-,12+,13+,14-/m0/s1. The average molecular weight is 280 g/mol. The topological polar surface area (TPSA) is 57.3 Å². The van der Waals surface area contributed by atoms with Crippen molar-refractivity contribution in [2.24, 2.45) is 0 Å². The van der Waals surface area contributed by atoms with Crippen LogP contribution in [0.4, 0.5) is 0 Å². The molecular weight excluding hydrogens is 260 g/mol. The van der Waals surface area contributed by atoms with Gasteiger partial charge < -0.3 is 18.9 Å². The summed E-state index contributed by atoms with van der Waals surface area (Å²) in [5.74, 6) is -0.914. The third-order valence-corrected chi connectivity index (χ3v) is 3.80. The van der Waals surface area contributed by atoms with Crippen LogP contribution in [-0.2, 0) is 23.7 Å². The molecule has 3 rings (SSSR count). The highest BCUT2D eigenvalue weighted by atomic mass is 16.7. The third kappa shape index (κ3) is 2.30. The lowest BCUT2D eigenvalue weighted by atomic mass is 9.86. The van der Waals surface area contributed by atoms with Gasteiger partial charge >= 0.3 is 5.97 Å². The minimum atomic E-state index is -0.611. The molecule has 2 saturated heterocycles. The predicted molar refractivity (Wildman–Crippen MR) is 71.0 cm³/mol. The highest BCUT2D eigenvalue weighted by Crippen LogP contribution is 2.46. The fraction of sp³-hybridized carbons (Fsp3) is 0.667. The third-order valence-electron chi connectivity index (χ3n) is 3.80. The summed E-state index contributed by atoms with van der Waals surface area (Å²) in [5.41, 5.74) is 1.97. The number of hydrogen-bond acceptors (Lipinski definition) is 5. The monoisotopic (exact) mass is 280 g/mol. The number of rotatable bonds is 2. The number of carbonyl (C=O) groups excluding carboxylic acids is 1. The zero-order chi connectivity index (χ0) is 14.5. The second kappa shape index (κ2) is 4.69. The quantitative estimate of drug-likeness (QED) is 0.569. The van der Waals surface area contributed by atoms with E-state index in [0.717, 1.165) is 11.1 Å². The van der Waals surface area contributed by atoms with Crippen LogP contribution in [0.5, 0.6) is 0 Å². The van der Waals surface area contributed by atoms with Crippen LogP contribution in [0, 0.1) is 0 Å². The highest BCUT2D eigenvalue weighted by molar-refractivity contribution is 5.67. The highest BCUT2D eigenvalue weighted by Gasteiger charge is 2.60. The Labute approximate surface area is 118 Å². The number of ether oxygens (including phenoxy) is 4. The van der Waals surface area contributed by atoms with Gasteiger partial charge in [0.2, 0.25) is 0 Å². The Kier molecular flexibility index (Phi) is 3.23. The molecule has 0 bridgehead atoms. The van der Waals surface area contributed by atoms with Crippen molar-refractivity contribution < 1.29 is 23.7 Å². The minimum absolute atomic E-state index is 0.0356. The Morgan fingerprint density at radius 2 is 2.15 bits per heavy atom. The Morgan fingerprint density at radius 1 is 1.40 bits per heavy atom. The fourth-order valence-corrected chi connectivity index (χ4v) is 2.93. The van der Waals surface area contributed by atoms with Crippen LogP contribution in [0.3, 0.4) is 0 Å². The summed E-state index contributed by atoms with van der Waals surface area (Å²) in [5, 5.41) is 0. The number of fused-ring (bicyclic) bond motifs is 3. The van der Waals surface area contributed by atoms with E-state index in [1.807, 2.05) is 32.9 Å². The molecule has 0 saturated carbocycles. The van der Waals surface area contributed by atoms with Gasteiger partial charge in [-0.3, -0.25) is 4.79 Å². The first-order chi connectivity index (χ1) is 9.43. The molecule has 0 aromatic heterocycles. The smallest absolute Gasteiger partial charge is 0.303 e. The zero-order valence-electron chi connectivity index (χ0n) is 12.2. The van der Waals surface area contributed by atoms with Crippen molar-refractivity contribution in [1.29, 1.82) is 0 Å². The molecule has 0 aromatic carbocycles. The number of carbonyl (C=O) groups is 1. The van der Waals surface area contributed by atoms with E-state index in [4.69, 9.17) is 18.9 Å². The molecule has 2 aliphatic heterocycles. The second-order valence-corrected chi connectivity index (χ2v) is 5.80. The maximum atomic E-state index is 11.3. The van der Waals surface area contributed by atoms with Gasteiger partial charge in [0.05, 0.1) is 6.61 Å². The molecule has 0 aromatic rings. The lowest BCUT2D eigenvalue weighted by Crippen LogP contribution is -2.48. The maximum Gasteiger partial charge on any atom is 0.303 e. The van der Waals surface area contributed by atoms with Gasteiger partial charge in [-0.25, -0.2) is 0 Å². The fourth-order valence-electron chi connectivity index (χ4n) is 2.93. The lowest BCUT2D eigenvalue weighted by molar-refractivity contribution is -0.256. The molecule has 1 aliphatic carbocycles. The Morgan fingerprint density at radius 3 is 2.80 bits per heavy atom. The van der Waals surface area contributed by atoms with Gasteiger partial charge in [0, 0.05) is 6.92 Å². The molecular formula is C15H20O5. The summed E-state index contributed by atoms with van der Waals surface area (Å²) in [7, 11) is 0. The van der Waals surface area contributed by atoms with Crippen molar-refractivity contribution >= 4 is 5.97 Å². The van der Waals surface area contributed by atoms with E-state index in [9.17, 15) is 4.79 Å². The molecule has 0 N–H and O–H groups in total. The summed E-state index contributed by atoms with van der Waals surface area (Å²) >= 11 is 0. The van der Waals surface area contributed by atoms with Gasteiger partial charge in [-0.2, -0.15) is 0 Å². The maximum absolute atomic E-state index is 11.3. The van der Waals surface area contributed by atoms with Gasteiger partial charge in [-0.05, 0) is 31.9 Å². The van der Waals surface area contributed by atoms with Gasteiger partial charge in [0.15, 0.2) is 11.9 Å². The summed E-state index contributed by atoms with van der Waals surface area (Å²) in [6.45, 7) is 7.62. The van der Waals surface area contributed by atoms with Gasteiger partial charge in [-0.1, -0.05) is 12.2 Å². The Bertz CT molecular complexity index is 490. The molecule has 110 valence electrons. The summed E-state index contributed by atoms with van der Waals surface area (Å²) in [6, 6.07) is 0. The number of allylic oxidation sites excluding steroid dienone is 1.